The maximum absolute atomic E-state index is 5.51. The fourth-order valence-electron chi connectivity index (χ4n) is 4.07. The average Bonchev–Trinajstić information content (AvgIpc) is 3.28. The van der Waals surface area contributed by atoms with E-state index in [0.29, 0.717) is 6.04 Å². The van der Waals surface area contributed by atoms with Crippen molar-refractivity contribution in [1.29, 1.82) is 0 Å². The summed E-state index contributed by atoms with van der Waals surface area (Å²) in [6, 6.07) is 19.4. The van der Waals surface area contributed by atoms with E-state index in [4.69, 9.17) is 9.72 Å². The summed E-state index contributed by atoms with van der Waals surface area (Å²) in [6.45, 7) is 6.88. The van der Waals surface area contributed by atoms with Gasteiger partial charge < -0.3 is 9.30 Å². The van der Waals surface area contributed by atoms with Gasteiger partial charge in [-0.3, -0.25) is 9.30 Å². The van der Waals surface area contributed by atoms with Crippen molar-refractivity contribution < 1.29 is 4.74 Å². The SMILES string of the molecule is CC(Cn1c2ccccc2n2cc(-c3ccccc3)nc12)N1CCOCC1.Cl.Cl. The second kappa shape index (κ2) is 9.18. The van der Waals surface area contributed by atoms with Crippen molar-refractivity contribution in [3.63, 3.8) is 0 Å². The van der Waals surface area contributed by atoms with Crippen LogP contribution in [0.5, 0.6) is 0 Å². The third-order valence-corrected chi connectivity index (χ3v) is 5.55. The first-order valence-electron chi connectivity index (χ1n) is 9.65. The van der Waals surface area contributed by atoms with Crippen molar-refractivity contribution in [3.05, 3.63) is 60.8 Å². The number of halogens is 2. The zero-order chi connectivity index (χ0) is 18.2. The number of hydrogen-bond acceptors (Lipinski definition) is 3. The number of aromatic nitrogens is 3. The maximum Gasteiger partial charge on any atom is 0.215 e. The topological polar surface area (TPSA) is 34.7 Å². The summed E-state index contributed by atoms with van der Waals surface area (Å²) in [5.41, 5.74) is 4.61. The Hall–Kier alpha value is -2.05. The van der Waals surface area contributed by atoms with E-state index in [1.54, 1.807) is 0 Å². The molecule has 0 N–H and O–H groups in total. The molecule has 2 aromatic heterocycles. The Balaban J connectivity index is 0.00000120. The maximum atomic E-state index is 5.51. The van der Waals surface area contributed by atoms with Crippen LogP contribution in [0.2, 0.25) is 0 Å². The average molecular weight is 433 g/mol. The molecule has 1 unspecified atom stereocenters. The van der Waals surface area contributed by atoms with Gasteiger partial charge in [-0.2, -0.15) is 0 Å². The Morgan fingerprint density at radius 2 is 1.59 bits per heavy atom. The van der Waals surface area contributed by atoms with Crippen molar-refractivity contribution in [2.75, 3.05) is 26.3 Å². The summed E-state index contributed by atoms with van der Waals surface area (Å²) in [7, 11) is 0. The highest BCUT2D eigenvalue weighted by Crippen LogP contribution is 2.26. The van der Waals surface area contributed by atoms with Gasteiger partial charge in [0, 0.05) is 37.4 Å². The van der Waals surface area contributed by atoms with Crippen LogP contribution in [0.1, 0.15) is 6.92 Å². The number of ether oxygens (including phenoxy) is 1. The van der Waals surface area contributed by atoms with E-state index in [-0.39, 0.29) is 24.8 Å². The van der Waals surface area contributed by atoms with Crippen molar-refractivity contribution in [1.82, 2.24) is 18.9 Å². The van der Waals surface area contributed by atoms with Crippen molar-refractivity contribution in [2.45, 2.75) is 19.5 Å². The second-order valence-corrected chi connectivity index (χ2v) is 7.26. The molecule has 29 heavy (non-hydrogen) atoms. The van der Waals surface area contributed by atoms with Crippen LogP contribution in [0.3, 0.4) is 0 Å². The van der Waals surface area contributed by atoms with Crippen LogP contribution in [0, 0.1) is 0 Å². The minimum atomic E-state index is 0. The van der Waals surface area contributed by atoms with E-state index in [9.17, 15) is 0 Å². The molecule has 5 rings (SSSR count). The van der Waals surface area contributed by atoms with E-state index in [2.05, 4.69) is 75.5 Å². The van der Waals surface area contributed by atoms with Gasteiger partial charge in [-0.05, 0) is 19.1 Å². The van der Waals surface area contributed by atoms with Gasteiger partial charge in [0.1, 0.15) is 0 Å². The molecule has 154 valence electrons. The monoisotopic (exact) mass is 432 g/mol. The molecule has 0 saturated carbocycles. The van der Waals surface area contributed by atoms with Gasteiger partial charge in [-0.15, -0.1) is 24.8 Å². The van der Waals surface area contributed by atoms with E-state index in [1.165, 1.54) is 11.0 Å². The Kier molecular flexibility index (Phi) is 6.85. The zero-order valence-electron chi connectivity index (χ0n) is 16.4. The fourth-order valence-corrected chi connectivity index (χ4v) is 4.07. The number of imidazole rings is 2. The third-order valence-electron chi connectivity index (χ3n) is 5.55. The number of morpholine rings is 1. The number of fused-ring (bicyclic) bond motifs is 3. The van der Waals surface area contributed by atoms with Crippen LogP contribution in [-0.4, -0.2) is 51.2 Å². The zero-order valence-corrected chi connectivity index (χ0v) is 18.0. The first-order chi connectivity index (χ1) is 13.3. The first-order valence-corrected chi connectivity index (χ1v) is 9.65. The lowest BCUT2D eigenvalue weighted by molar-refractivity contribution is 0.0173. The molecule has 0 bridgehead atoms. The van der Waals surface area contributed by atoms with Crippen LogP contribution in [0.15, 0.2) is 60.8 Å². The normalized spacial score (nSPS) is 15.8. The molecule has 3 heterocycles. The summed E-state index contributed by atoms with van der Waals surface area (Å²) in [5.74, 6) is 1.01. The van der Waals surface area contributed by atoms with Crippen LogP contribution in [-0.2, 0) is 11.3 Å². The first kappa shape index (κ1) is 21.7. The molecule has 5 nitrogen and oxygen atoms in total. The quantitative estimate of drug-likeness (QED) is 0.475. The standard InChI is InChI=1S/C22H24N4O.2ClH/c1-17(24-11-13-27-14-12-24)15-25-20-9-5-6-10-21(20)26-16-19(23-22(25)26)18-7-3-2-4-8-18;;/h2-10,16-17H,11-15H2,1H3;2*1H. The van der Waals surface area contributed by atoms with Gasteiger partial charge in [-0.1, -0.05) is 42.5 Å². The van der Waals surface area contributed by atoms with Gasteiger partial charge in [0.2, 0.25) is 5.78 Å². The molecule has 0 radical (unpaired) electrons. The molecule has 1 fully saturated rings. The largest absolute Gasteiger partial charge is 0.379 e. The van der Waals surface area contributed by atoms with E-state index in [1.807, 2.05) is 6.07 Å². The lowest BCUT2D eigenvalue weighted by Crippen LogP contribution is -2.43. The molecule has 1 aliphatic rings. The number of nitrogens with zero attached hydrogens (tertiary/aromatic N) is 4. The van der Waals surface area contributed by atoms with Crippen molar-refractivity contribution in [2.24, 2.45) is 0 Å². The minimum absolute atomic E-state index is 0. The predicted molar refractivity (Wildman–Crippen MR) is 122 cm³/mol. The summed E-state index contributed by atoms with van der Waals surface area (Å²) >= 11 is 0. The van der Waals surface area contributed by atoms with Crippen LogP contribution in [0.25, 0.3) is 28.1 Å². The predicted octanol–water partition coefficient (Wildman–Crippen LogP) is 4.52. The van der Waals surface area contributed by atoms with Gasteiger partial charge in [0.15, 0.2) is 0 Å². The molecule has 0 aliphatic carbocycles. The smallest absolute Gasteiger partial charge is 0.215 e. The Bertz CT molecular complexity index is 1070. The molecule has 2 aromatic carbocycles. The highest BCUT2D eigenvalue weighted by molar-refractivity contribution is 5.85. The minimum Gasteiger partial charge on any atom is -0.379 e. The van der Waals surface area contributed by atoms with Gasteiger partial charge in [0.05, 0.1) is 29.9 Å². The van der Waals surface area contributed by atoms with Gasteiger partial charge in [0.25, 0.3) is 0 Å². The van der Waals surface area contributed by atoms with Gasteiger partial charge >= 0.3 is 0 Å². The molecule has 7 heteroatoms. The fraction of sp³-hybridized carbons (Fsp3) is 0.318. The van der Waals surface area contributed by atoms with E-state index < -0.39 is 0 Å². The molecule has 4 aromatic rings. The molecular weight excluding hydrogens is 407 g/mol. The van der Waals surface area contributed by atoms with Crippen LogP contribution in [0.4, 0.5) is 0 Å². The molecule has 0 spiro atoms. The summed E-state index contributed by atoms with van der Waals surface area (Å²) in [4.78, 5) is 7.51. The highest BCUT2D eigenvalue weighted by atomic mass is 35.5. The van der Waals surface area contributed by atoms with Crippen LogP contribution >= 0.6 is 24.8 Å². The molecule has 1 atom stereocenters. The summed E-state index contributed by atoms with van der Waals surface area (Å²) < 4.78 is 10.1. The molecule has 0 amide bonds. The Morgan fingerprint density at radius 1 is 0.931 bits per heavy atom. The van der Waals surface area contributed by atoms with Gasteiger partial charge in [-0.25, -0.2) is 4.98 Å². The summed E-state index contributed by atoms with van der Waals surface area (Å²) in [6.07, 6.45) is 2.16. The number of benzene rings is 2. The van der Waals surface area contributed by atoms with Crippen molar-refractivity contribution >= 4 is 41.6 Å². The lowest BCUT2D eigenvalue weighted by Gasteiger charge is -2.32. The second-order valence-electron chi connectivity index (χ2n) is 7.26. The lowest BCUT2D eigenvalue weighted by atomic mass is 10.2. The van der Waals surface area contributed by atoms with E-state index in [0.717, 1.165) is 49.9 Å². The number of hydrogen-bond donors (Lipinski definition) is 0. The van der Waals surface area contributed by atoms with E-state index >= 15 is 0 Å². The highest BCUT2D eigenvalue weighted by Gasteiger charge is 2.21. The molecular formula is C22H26Cl2N4O. The Labute approximate surface area is 183 Å². The van der Waals surface area contributed by atoms with Crippen molar-refractivity contribution in [3.8, 4) is 11.3 Å². The summed E-state index contributed by atoms with van der Waals surface area (Å²) in [5, 5.41) is 0. The number of para-hydroxylation sites is 2. The number of rotatable bonds is 4. The molecule has 1 aliphatic heterocycles. The van der Waals surface area contributed by atoms with Crippen LogP contribution < -0.4 is 0 Å². The molecule has 1 saturated heterocycles. The Morgan fingerprint density at radius 3 is 2.31 bits per heavy atom. The third kappa shape index (κ3) is 4.01.